The monoisotopic (exact) mass is 708 g/mol. The molecule has 4 N–H and O–H groups in total. The van der Waals surface area contributed by atoms with E-state index in [1.54, 1.807) is 19.5 Å². The van der Waals surface area contributed by atoms with Gasteiger partial charge in [-0.05, 0) is 84.3 Å². The quantitative estimate of drug-likeness (QED) is 0.0918. The third-order valence-electron chi connectivity index (χ3n) is 10.4. The Morgan fingerprint density at radius 2 is 1.19 bits per heavy atom. The van der Waals surface area contributed by atoms with Gasteiger partial charge < -0.3 is 35.1 Å². The molecule has 2 saturated carbocycles. The number of fused-ring (bicyclic) bond motifs is 2. The lowest BCUT2D eigenvalue weighted by atomic mass is 10.2. The maximum absolute atomic E-state index is 5.20. The van der Waals surface area contributed by atoms with Gasteiger partial charge in [-0.3, -0.25) is 9.36 Å². The molecule has 6 aromatic rings. The number of H-pyrrole nitrogens is 2. The lowest BCUT2D eigenvalue weighted by Gasteiger charge is -2.26. The molecule has 3 atom stereocenters. The Bertz CT molecular complexity index is 2090. The predicted molar refractivity (Wildman–Crippen MR) is 207 cm³/mol. The normalized spacial score (nSPS) is 16.1. The summed E-state index contributed by atoms with van der Waals surface area (Å²) < 4.78 is 8.99. The predicted octanol–water partition coefficient (Wildman–Crippen LogP) is 7.05. The van der Waals surface area contributed by atoms with E-state index in [1.807, 2.05) is 46.3 Å². The lowest BCUT2D eigenvalue weighted by Crippen LogP contribution is -2.31. The van der Waals surface area contributed by atoms with Gasteiger partial charge in [0.15, 0.2) is 0 Å². The zero-order chi connectivity index (χ0) is 36.5. The average Bonchev–Trinajstić information content (AvgIpc) is 3.92. The number of nitrogens with one attached hydrogen (secondary N) is 4. The summed E-state index contributed by atoms with van der Waals surface area (Å²) in [6.07, 6.45) is 16.6. The minimum Gasteiger partial charge on any atom is -0.382 e. The summed E-state index contributed by atoms with van der Waals surface area (Å²) in [4.78, 5) is 29.8. The van der Waals surface area contributed by atoms with Crippen LogP contribution in [0.5, 0.6) is 0 Å². The van der Waals surface area contributed by atoms with E-state index in [-0.39, 0.29) is 6.04 Å². The Balaban J connectivity index is 0.000000162. The molecular weight excluding hydrogens is 657 g/mol. The summed E-state index contributed by atoms with van der Waals surface area (Å²) in [5.74, 6) is 4.59. The van der Waals surface area contributed by atoms with Gasteiger partial charge in [0.2, 0.25) is 11.9 Å². The van der Waals surface area contributed by atoms with Crippen molar-refractivity contribution in [3.63, 3.8) is 0 Å². The Labute approximate surface area is 304 Å². The van der Waals surface area contributed by atoms with Crippen molar-refractivity contribution in [1.82, 2.24) is 49.5 Å². The number of aromatic nitrogens is 10. The van der Waals surface area contributed by atoms with Crippen LogP contribution in [0.4, 0.5) is 34.9 Å². The second-order valence-electron chi connectivity index (χ2n) is 14.7. The molecule has 2 aliphatic rings. The van der Waals surface area contributed by atoms with Crippen molar-refractivity contribution in [2.45, 2.75) is 84.5 Å². The van der Waals surface area contributed by atoms with Crippen LogP contribution >= 0.6 is 0 Å². The smallest absolute Gasteiger partial charge is 0.231 e. The van der Waals surface area contributed by atoms with Crippen molar-refractivity contribution in [2.75, 3.05) is 48.2 Å². The van der Waals surface area contributed by atoms with Gasteiger partial charge in [0.05, 0.1) is 47.2 Å². The van der Waals surface area contributed by atoms with Gasteiger partial charge in [0.25, 0.3) is 0 Å². The first-order valence-electron chi connectivity index (χ1n) is 18.4. The van der Waals surface area contributed by atoms with E-state index < -0.39 is 0 Å². The Morgan fingerprint density at radius 1 is 0.731 bits per heavy atom. The summed E-state index contributed by atoms with van der Waals surface area (Å²) in [5.41, 5.74) is 3.42. The molecular formula is C37H52N14O. The molecule has 15 nitrogen and oxygen atoms in total. The first kappa shape index (κ1) is 35.2. The molecule has 0 radical (unpaired) electrons. The van der Waals surface area contributed by atoms with Gasteiger partial charge in [0.1, 0.15) is 22.9 Å². The molecule has 0 aliphatic heterocycles. The van der Waals surface area contributed by atoms with Gasteiger partial charge in [-0.15, -0.1) is 0 Å². The molecule has 1 unspecified atom stereocenters. The molecule has 6 aromatic heterocycles. The highest BCUT2D eigenvalue weighted by molar-refractivity contribution is 5.90. The molecule has 2 fully saturated rings. The fraction of sp³-hybridized carbons (Fsp3) is 0.514. The van der Waals surface area contributed by atoms with Gasteiger partial charge in [0, 0.05) is 64.1 Å². The maximum Gasteiger partial charge on any atom is 0.231 e. The summed E-state index contributed by atoms with van der Waals surface area (Å²) in [7, 11) is 5.93. The minimum absolute atomic E-state index is 0.165. The zero-order valence-corrected chi connectivity index (χ0v) is 31.5. The van der Waals surface area contributed by atoms with Crippen LogP contribution in [0.3, 0.4) is 0 Å². The number of hydrogen-bond acceptors (Lipinski definition) is 11. The molecule has 15 heteroatoms. The fourth-order valence-corrected chi connectivity index (χ4v) is 6.58. The Kier molecular flexibility index (Phi) is 10.0. The Morgan fingerprint density at radius 3 is 1.62 bits per heavy atom. The molecule has 0 saturated heterocycles. The van der Waals surface area contributed by atoms with E-state index in [0.717, 1.165) is 56.9 Å². The van der Waals surface area contributed by atoms with E-state index in [2.05, 4.69) is 99.3 Å². The van der Waals surface area contributed by atoms with E-state index in [0.29, 0.717) is 36.6 Å². The second-order valence-corrected chi connectivity index (χ2v) is 14.7. The van der Waals surface area contributed by atoms with Crippen LogP contribution in [0.25, 0.3) is 22.1 Å². The highest BCUT2D eigenvalue weighted by atomic mass is 16.5. The number of ether oxygens (including phenoxy) is 1. The summed E-state index contributed by atoms with van der Waals surface area (Å²) >= 11 is 0. The van der Waals surface area contributed by atoms with Gasteiger partial charge in [-0.1, -0.05) is 0 Å². The van der Waals surface area contributed by atoms with Crippen LogP contribution in [0.1, 0.15) is 72.4 Å². The highest BCUT2D eigenvalue weighted by Crippen LogP contribution is 2.38. The van der Waals surface area contributed by atoms with Crippen LogP contribution in [-0.2, 0) is 4.74 Å². The van der Waals surface area contributed by atoms with E-state index >= 15 is 0 Å². The Hall–Kier alpha value is -5.18. The van der Waals surface area contributed by atoms with E-state index in [9.17, 15) is 0 Å². The van der Waals surface area contributed by atoms with Crippen LogP contribution in [-0.4, -0.2) is 89.4 Å². The van der Waals surface area contributed by atoms with Crippen LogP contribution < -0.4 is 20.4 Å². The minimum atomic E-state index is 0.165. The number of nitrogens with zero attached hydrogens (tertiary/aromatic N) is 10. The molecule has 6 heterocycles. The van der Waals surface area contributed by atoms with E-state index in [1.165, 1.54) is 25.7 Å². The number of methoxy groups -OCH3 is 1. The second kappa shape index (κ2) is 14.8. The molecule has 0 amide bonds. The van der Waals surface area contributed by atoms with Crippen LogP contribution in [0.2, 0.25) is 0 Å². The van der Waals surface area contributed by atoms with Gasteiger partial charge >= 0.3 is 0 Å². The summed E-state index contributed by atoms with van der Waals surface area (Å²) in [5, 5.41) is 17.4. The van der Waals surface area contributed by atoms with Crippen molar-refractivity contribution in [1.29, 1.82) is 0 Å². The van der Waals surface area contributed by atoms with Crippen molar-refractivity contribution in [3.8, 4) is 0 Å². The first-order valence-corrected chi connectivity index (χ1v) is 18.4. The molecule has 52 heavy (non-hydrogen) atoms. The third kappa shape index (κ3) is 7.69. The molecule has 2 aliphatic carbocycles. The van der Waals surface area contributed by atoms with Gasteiger partial charge in [-0.2, -0.15) is 30.1 Å². The van der Waals surface area contributed by atoms with Crippen molar-refractivity contribution in [2.24, 2.45) is 11.8 Å². The number of anilines is 6. The highest BCUT2D eigenvalue weighted by Gasteiger charge is 2.33. The zero-order valence-electron chi connectivity index (χ0n) is 31.5. The average molecular weight is 709 g/mol. The standard InChI is InChI=1S/C19H27N7O.C18H25N7/c1-12(11-27-4)26-10-15(9-21-26)22-19-23-17-16(7-8-20-17)18(24-19)25(3)13(2)14-5-6-14;1-11(2)25-10-14(9-20-25)21-18-22-16-15(7-8-19-16)17(23-18)24(4)12(3)13-5-6-13/h7-10,12-14H,5-6,11H2,1-4H3,(H2,20,22,23,24);7-13H,5-6H2,1-4H3,(H2,19,21,22,23)/t12?,13-;12-/m00/s1. The SMILES string of the molecule is CC(C)n1cc(Nc2nc(N(C)[C@@H](C)C3CC3)c3cc[nH]c3n2)cn1.COCC(C)n1cc(Nc2nc(N(C)[C@@H](C)C3CC3)c3cc[nH]c3n2)cn1. The number of rotatable bonds is 14. The lowest BCUT2D eigenvalue weighted by molar-refractivity contribution is 0.157. The summed E-state index contributed by atoms with van der Waals surface area (Å²) in [6, 6.07) is 5.51. The molecule has 0 bridgehead atoms. The number of hydrogen-bond donors (Lipinski definition) is 4. The maximum atomic E-state index is 5.20. The fourth-order valence-electron chi connectivity index (χ4n) is 6.58. The van der Waals surface area contributed by atoms with Gasteiger partial charge in [-0.25, -0.2) is 0 Å². The summed E-state index contributed by atoms with van der Waals surface area (Å²) in [6.45, 7) is 11.4. The van der Waals surface area contributed by atoms with E-state index in [4.69, 9.17) is 14.7 Å². The third-order valence-corrected chi connectivity index (χ3v) is 10.4. The molecule has 8 rings (SSSR count). The van der Waals surface area contributed by atoms with Crippen molar-refractivity contribution >= 4 is 57.0 Å². The van der Waals surface area contributed by atoms with Crippen LogP contribution in [0, 0.1) is 11.8 Å². The molecule has 276 valence electrons. The molecule has 0 aromatic carbocycles. The van der Waals surface area contributed by atoms with Crippen molar-refractivity contribution in [3.05, 3.63) is 49.3 Å². The van der Waals surface area contributed by atoms with Crippen LogP contribution in [0.15, 0.2) is 49.3 Å². The number of aromatic amines is 2. The molecule has 0 spiro atoms. The largest absolute Gasteiger partial charge is 0.382 e. The van der Waals surface area contributed by atoms with Crippen molar-refractivity contribution < 1.29 is 4.74 Å². The first-order chi connectivity index (χ1) is 25.1. The topological polar surface area (TPSA) is 159 Å².